The fourth-order valence-corrected chi connectivity index (χ4v) is 2.79. The molecule has 0 atom stereocenters. The predicted octanol–water partition coefficient (Wildman–Crippen LogP) is 4.85. The van der Waals surface area contributed by atoms with Crippen LogP contribution in [0.15, 0.2) is 47.1 Å². The van der Waals surface area contributed by atoms with Crippen molar-refractivity contribution < 1.29 is 18.9 Å². The lowest BCUT2D eigenvalue weighted by Gasteiger charge is -2.10. The van der Waals surface area contributed by atoms with Crippen molar-refractivity contribution in [3.05, 3.63) is 52.5 Å². The quantitative estimate of drug-likeness (QED) is 0.586. The average Bonchev–Trinajstić information content (AvgIpc) is 3.09. The summed E-state index contributed by atoms with van der Waals surface area (Å²) >= 11 is 11.8. The zero-order valence-corrected chi connectivity index (χ0v) is 16.6. The van der Waals surface area contributed by atoms with Gasteiger partial charge in [0.25, 0.3) is 5.91 Å². The van der Waals surface area contributed by atoms with E-state index < -0.39 is 5.91 Å². The fourth-order valence-electron chi connectivity index (χ4n) is 2.33. The predicted molar refractivity (Wildman–Crippen MR) is 106 cm³/mol. The molecule has 146 valence electrons. The van der Waals surface area contributed by atoms with Gasteiger partial charge in [-0.3, -0.25) is 4.79 Å². The van der Waals surface area contributed by atoms with E-state index in [2.05, 4.69) is 15.6 Å². The summed E-state index contributed by atoms with van der Waals surface area (Å²) in [5.74, 6) is 0.825. The van der Waals surface area contributed by atoms with Gasteiger partial charge in [-0.05, 0) is 66.6 Å². The van der Waals surface area contributed by atoms with Gasteiger partial charge in [0.2, 0.25) is 5.82 Å². The Hall–Kier alpha value is -2.77. The van der Waals surface area contributed by atoms with Gasteiger partial charge in [0.1, 0.15) is 11.5 Å². The highest BCUT2D eigenvalue weighted by atomic mass is 35.5. The molecular formula is C19H17Cl2N3O4. The molecule has 0 aliphatic carbocycles. The van der Waals surface area contributed by atoms with Crippen LogP contribution in [-0.2, 0) is 4.79 Å². The summed E-state index contributed by atoms with van der Waals surface area (Å²) in [6.07, 6.45) is 0.0727. The number of hydrogen-bond donors (Lipinski definition) is 1. The first-order valence-electron chi connectivity index (χ1n) is 8.39. The number of carbonyl (C=O) groups is 1. The highest BCUT2D eigenvalue weighted by Gasteiger charge is 2.16. The third-order valence-electron chi connectivity index (χ3n) is 3.50. The molecule has 0 spiro atoms. The molecule has 1 amide bonds. The van der Waals surface area contributed by atoms with Crippen molar-refractivity contribution in [1.29, 1.82) is 0 Å². The second kappa shape index (κ2) is 8.95. The summed E-state index contributed by atoms with van der Waals surface area (Å²) in [5, 5.41) is 11.0. The molecule has 3 rings (SSSR count). The number of halogens is 2. The lowest BCUT2D eigenvalue weighted by molar-refractivity contribution is -0.118. The van der Waals surface area contributed by atoms with Gasteiger partial charge in [0.05, 0.1) is 11.1 Å². The number of anilines is 1. The maximum Gasteiger partial charge on any atom is 0.263 e. The zero-order chi connectivity index (χ0) is 20.1. The first-order valence-corrected chi connectivity index (χ1v) is 9.15. The van der Waals surface area contributed by atoms with E-state index in [0.717, 1.165) is 5.75 Å². The molecule has 0 aliphatic rings. The van der Waals surface area contributed by atoms with Crippen LogP contribution in [0.1, 0.15) is 13.8 Å². The Labute approximate surface area is 171 Å². The van der Waals surface area contributed by atoms with Crippen molar-refractivity contribution in [2.75, 3.05) is 11.9 Å². The van der Waals surface area contributed by atoms with E-state index in [1.807, 2.05) is 13.8 Å². The maximum absolute atomic E-state index is 12.2. The summed E-state index contributed by atoms with van der Waals surface area (Å²) in [6.45, 7) is 3.62. The number of benzene rings is 2. The molecule has 0 radical (unpaired) electrons. The summed E-state index contributed by atoms with van der Waals surface area (Å²) in [7, 11) is 0. The largest absolute Gasteiger partial charge is 0.491 e. The van der Waals surface area contributed by atoms with Crippen molar-refractivity contribution in [1.82, 2.24) is 10.3 Å². The second-order valence-corrected chi connectivity index (χ2v) is 6.91. The topological polar surface area (TPSA) is 86.5 Å². The number of nitrogens with zero attached hydrogens (tertiary/aromatic N) is 2. The molecule has 28 heavy (non-hydrogen) atoms. The summed E-state index contributed by atoms with van der Waals surface area (Å²) in [6, 6.07) is 12.0. The van der Waals surface area contributed by atoms with Crippen LogP contribution in [0, 0.1) is 0 Å². The number of carbonyl (C=O) groups excluding carboxylic acids is 1. The van der Waals surface area contributed by atoms with Crippen LogP contribution in [0.4, 0.5) is 5.82 Å². The lowest BCUT2D eigenvalue weighted by atomic mass is 10.1. The van der Waals surface area contributed by atoms with Gasteiger partial charge in [-0.15, -0.1) is 0 Å². The highest BCUT2D eigenvalue weighted by Crippen LogP contribution is 2.28. The number of ether oxygens (including phenoxy) is 2. The van der Waals surface area contributed by atoms with Crippen molar-refractivity contribution in [2.24, 2.45) is 0 Å². The fraction of sp³-hybridized carbons (Fsp3) is 0.211. The van der Waals surface area contributed by atoms with Crippen LogP contribution in [0.2, 0.25) is 10.0 Å². The number of aromatic nitrogens is 2. The molecule has 7 nitrogen and oxygen atoms in total. The van der Waals surface area contributed by atoms with E-state index >= 15 is 0 Å². The molecule has 0 saturated heterocycles. The van der Waals surface area contributed by atoms with Crippen molar-refractivity contribution in [3.63, 3.8) is 0 Å². The van der Waals surface area contributed by atoms with Gasteiger partial charge in [-0.25, -0.2) is 4.63 Å². The van der Waals surface area contributed by atoms with Gasteiger partial charge in [0, 0.05) is 10.6 Å². The van der Waals surface area contributed by atoms with Crippen LogP contribution in [0.3, 0.4) is 0 Å². The smallest absolute Gasteiger partial charge is 0.263 e. The van der Waals surface area contributed by atoms with Crippen LogP contribution < -0.4 is 14.8 Å². The standard InChI is InChI=1S/C19H17Cl2N3O4/c1-11(2)27-14-6-3-12(4-7-14)18-19(24-28-23-18)22-17(25)10-26-16-8-5-13(20)9-15(16)21/h3-9,11H,10H2,1-2H3,(H,22,24,25). The van der Waals surface area contributed by atoms with Crippen LogP contribution in [-0.4, -0.2) is 28.9 Å². The van der Waals surface area contributed by atoms with Gasteiger partial charge in [-0.1, -0.05) is 23.2 Å². The Morgan fingerprint density at radius 2 is 1.89 bits per heavy atom. The van der Waals surface area contributed by atoms with Crippen molar-refractivity contribution in [3.8, 4) is 22.8 Å². The van der Waals surface area contributed by atoms with Crippen LogP contribution >= 0.6 is 23.2 Å². The normalized spacial score (nSPS) is 10.8. The molecular weight excluding hydrogens is 405 g/mol. The maximum atomic E-state index is 12.2. The van der Waals surface area contributed by atoms with E-state index in [1.165, 1.54) is 6.07 Å². The number of nitrogens with one attached hydrogen (secondary N) is 1. The molecule has 0 aliphatic heterocycles. The molecule has 9 heteroatoms. The van der Waals surface area contributed by atoms with E-state index in [9.17, 15) is 4.79 Å². The van der Waals surface area contributed by atoms with Crippen molar-refractivity contribution >= 4 is 34.9 Å². The molecule has 0 bridgehead atoms. The van der Waals surface area contributed by atoms with Gasteiger partial charge < -0.3 is 14.8 Å². The minimum Gasteiger partial charge on any atom is -0.491 e. The number of amides is 1. The zero-order valence-electron chi connectivity index (χ0n) is 15.1. The number of hydrogen-bond acceptors (Lipinski definition) is 6. The Morgan fingerprint density at radius 1 is 1.14 bits per heavy atom. The third kappa shape index (κ3) is 5.15. The van der Waals surface area contributed by atoms with E-state index in [4.69, 9.17) is 37.3 Å². The Bertz CT molecular complexity index is 958. The molecule has 1 aromatic heterocycles. The molecule has 0 fully saturated rings. The van der Waals surface area contributed by atoms with Gasteiger partial charge in [0.15, 0.2) is 12.3 Å². The van der Waals surface area contributed by atoms with Crippen LogP contribution in [0.5, 0.6) is 11.5 Å². The van der Waals surface area contributed by atoms with E-state index in [0.29, 0.717) is 27.1 Å². The third-order valence-corrected chi connectivity index (χ3v) is 4.03. The molecule has 1 N–H and O–H groups in total. The minimum atomic E-state index is -0.442. The van der Waals surface area contributed by atoms with E-state index in [-0.39, 0.29) is 18.5 Å². The first-order chi connectivity index (χ1) is 13.4. The van der Waals surface area contributed by atoms with Crippen molar-refractivity contribution in [2.45, 2.75) is 20.0 Å². The van der Waals surface area contributed by atoms with Gasteiger partial charge in [-0.2, -0.15) is 0 Å². The summed E-state index contributed by atoms with van der Waals surface area (Å²) in [5.41, 5.74) is 1.11. The molecule has 0 unspecified atom stereocenters. The minimum absolute atomic E-state index is 0.0727. The van der Waals surface area contributed by atoms with E-state index in [1.54, 1.807) is 36.4 Å². The first kappa shape index (κ1) is 20.0. The molecule has 1 heterocycles. The summed E-state index contributed by atoms with van der Waals surface area (Å²) in [4.78, 5) is 12.2. The molecule has 2 aromatic carbocycles. The Morgan fingerprint density at radius 3 is 2.57 bits per heavy atom. The Balaban J connectivity index is 1.64. The lowest BCUT2D eigenvalue weighted by Crippen LogP contribution is -2.20. The average molecular weight is 422 g/mol. The summed E-state index contributed by atoms with van der Waals surface area (Å²) < 4.78 is 15.8. The highest BCUT2D eigenvalue weighted by molar-refractivity contribution is 6.35. The Kier molecular flexibility index (Phi) is 6.38. The van der Waals surface area contributed by atoms with Gasteiger partial charge >= 0.3 is 0 Å². The monoisotopic (exact) mass is 421 g/mol. The second-order valence-electron chi connectivity index (χ2n) is 6.06. The number of rotatable bonds is 7. The molecule has 3 aromatic rings. The SMILES string of the molecule is CC(C)Oc1ccc(-c2nonc2NC(=O)COc2ccc(Cl)cc2Cl)cc1. The van der Waals surface area contributed by atoms with Crippen LogP contribution in [0.25, 0.3) is 11.3 Å². The molecule has 0 saturated carbocycles.